The molecule has 0 aliphatic heterocycles. The summed E-state index contributed by atoms with van der Waals surface area (Å²) in [7, 11) is 3.62. The number of hydroxylamine groups is 2. The molecule has 3 rings (SSSR count). The number of hydrogen-bond donors (Lipinski definition) is 3. The monoisotopic (exact) mass is 531 g/mol. The zero-order chi connectivity index (χ0) is 28.1. The Kier molecular flexibility index (Phi) is 10.0. The Hall–Kier alpha value is -2.39. The third kappa shape index (κ3) is 7.82. The van der Waals surface area contributed by atoms with E-state index in [-0.39, 0.29) is 29.8 Å². The molecule has 0 aromatic heterocycles. The molecule has 210 valence electrons. The summed E-state index contributed by atoms with van der Waals surface area (Å²) >= 11 is 0. The first kappa shape index (κ1) is 30.2. The van der Waals surface area contributed by atoms with Crippen molar-refractivity contribution >= 4 is 5.91 Å². The Morgan fingerprint density at radius 3 is 2.34 bits per heavy atom. The molecule has 0 bridgehead atoms. The summed E-state index contributed by atoms with van der Waals surface area (Å²) in [6.45, 7) is 8.13. The molecular weight excluding hydrogens is 488 g/mol. The van der Waals surface area contributed by atoms with Gasteiger partial charge in [0.05, 0.1) is 19.3 Å². The fourth-order valence-corrected chi connectivity index (χ4v) is 5.43. The summed E-state index contributed by atoms with van der Waals surface area (Å²) in [5.74, 6) is -1.70. The molecule has 0 heterocycles. The van der Waals surface area contributed by atoms with Crippen LogP contribution in [0.3, 0.4) is 0 Å². The van der Waals surface area contributed by atoms with Crippen molar-refractivity contribution in [3.8, 4) is 0 Å². The van der Waals surface area contributed by atoms with Crippen LogP contribution in [-0.4, -0.2) is 55.0 Å². The Balaban J connectivity index is 1.85. The van der Waals surface area contributed by atoms with Crippen molar-refractivity contribution in [2.45, 2.75) is 88.9 Å². The molecule has 1 aliphatic rings. The molecule has 0 spiro atoms. The third-order valence-electron chi connectivity index (χ3n) is 7.77. The van der Waals surface area contributed by atoms with Crippen LogP contribution >= 0.6 is 0 Å². The van der Waals surface area contributed by atoms with Crippen LogP contribution in [0.15, 0.2) is 42.5 Å². The van der Waals surface area contributed by atoms with Crippen molar-refractivity contribution in [3.63, 3.8) is 0 Å². The summed E-state index contributed by atoms with van der Waals surface area (Å²) in [6.07, 6.45) is 2.62. The van der Waals surface area contributed by atoms with E-state index in [1.54, 1.807) is 7.11 Å². The molecule has 2 atom stereocenters. The van der Waals surface area contributed by atoms with Gasteiger partial charge in [0.1, 0.15) is 11.6 Å². The van der Waals surface area contributed by atoms with Gasteiger partial charge in [-0.2, -0.15) is 5.06 Å². The van der Waals surface area contributed by atoms with Crippen molar-refractivity contribution in [3.05, 3.63) is 70.8 Å². The molecule has 1 saturated carbocycles. The highest BCUT2D eigenvalue weighted by molar-refractivity contribution is 5.73. The van der Waals surface area contributed by atoms with Gasteiger partial charge in [-0.25, -0.2) is 8.78 Å². The van der Waals surface area contributed by atoms with Gasteiger partial charge in [-0.3, -0.25) is 4.79 Å². The lowest BCUT2D eigenvalue weighted by Crippen LogP contribution is -2.54. The second-order valence-electron chi connectivity index (χ2n) is 11.6. The number of nitrogens with one attached hydrogen (secondary N) is 2. The van der Waals surface area contributed by atoms with E-state index in [9.17, 15) is 18.7 Å². The third-order valence-corrected chi connectivity index (χ3v) is 7.77. The molecule has 1 amide bonds. The second-order valence-corrected chi connectivity index (χ2v) is 11.6. The van der Waals surface area contributed by atoms with Crippen LogP contribution in [0.2, 0.25) is 0 Å². The van der Waals surface area contributed by atoms with E-state index in [1.165, 1.54) is 30.2 Å². The lowest BCUT2D eigenvalue weighted by atomic mass is 9.73. The fourth-order valence-electron chi connectivity index (χ4n) is 5.43. The van der Waals surface area contributed by atoms with E-state index in [0.29, 0.717) is 11.6 Å². The van der Waals surface area contributed by atoms with E-state index < -0.39 is 23.8 Å². The molecule has 0 saturated heterocycles. The smallest absolute Gasteiger partial charge is 0.217 e. The van der Waals surface area contributed by atoms with Crippen molar-refractivity contribution in [2.75, 3.05) is 20.7 Å². The average molecular weight is 532 g/mol. The molecule has 1 fully saturated rings. The molecule has 38 heavy (non-hydrogen) atoms. The second kappa shape index (κ2) is 12.6. The number of nitrogens with zero attached hydrogens (tertiary/aromatic N) is 1. The van der Waals surface area contributed by atoms with Crippen LogP contribution in [0.1, 0.15) is 70.1 Å². The van der Waals surface area contributed by atoms with Gasteiger partial charge in [0.25, 0.3) is 0 Å². The normalized spacial score (nSPS) is 21.8. The molecule has 3 N–H and O–H groups in total. The number of benzene rings is 2. The summed E-state index contributed by atoms with van der Waals surface area (Å²) in [4.78, 5) is 17.4. The number of aliphatic hydroxyl groups is 1. The SMILES string of the molecule is CON(C)C1CCC(NCC(O)C(Cc2cc(F)cc(F)c2)NC(C)=O)(c2cccc(C(C)(C)C)c2)CC1. The minimum Gasteiger partial charge on any atom is -0.390 e. The first-order chi connectivity index (χ1) is 17.8. The number of halogens is 2. The van der Waals surface area contributed by atoms with Gasteiger partial charge in [0.15, 0.2) is 0 Å². The van der Waals surface area contributed by atoms with E-state index in [0.717, 1.165) is 31.7 Å². The number of aliphatic hydroxyl groups excluding tert-OH is 1. The van der Waals surface area contributed by atoms with Crippen LogP contribution in [0.5, 0.6) is 0 Å². The Morgan fingerprint density at radius 2 is 1.79 bits per heavy atom. The average Bonchev–Trinajstić information content (AvgIpc) is 2.85. The van der Waals surface area contributed by atoms with Crippen LogP contribution in [-0.2, 0) is 27.0 Å². The van der Waals surface area contributed by atoms with E-state index in [4.69, 9.17) is 4.84 Å². The van der Waals surface area contributed by atoms with E-state index >= 15 is 0 Å². The molecular formula is C30H43F2N3O3. The lowest BCUT2D eigenvalue weighted by Gasteiger charge is -2.44. The Morgan fingerprint density at radius 1 is 1.16 bits per heavy atom. The highest BCUT2D eigenvalue weighted by Gasteiger charge is 2.39. The van der Waals surface area contributed by atoms with Gasteiger partial charge in [-0.1, -0.05) is 45.0 Å². The number of amides is 1. The summed E-state index contributed by atoms with van der Waals surface area (Å²) in [5.41, 5.74) is 2.38. The zero-order valence-electron chi connectivity index (χ0n) is 23.5. The minimum absolute atomic E-state index is 0.0130. The van der Waals surface area contributed by atoms with Crippen molar-refractivity contribution in [2.24, 2.45) is 0 Å². The summed E-state index contributed by atoms with van der Waals surface area (Å²) in [6, 6.07) is 11.5. The van der Waals surface area contributed by atoms with Gasteiger partial charge in [-0.05, 0) is 66.3 Å². The van der Waals surface area contributed by atoms with Crippen LogP contribution in [0.4, 0.5) is 8.78 Å². The number of rotatable bonds is 10. The molecule has 2 aromatic rings. The van der Waals surface area contributed by atoms with E-state index in [1.807, 2.05) is 12.1 Å². The van der Waals surface area contributed by atoms with Gasteiger partial charge in [0, 0.05) is 38.2 Å². The largest absolute Gasteiger partial charge is 0.390 e. The quantitative estimate of drug-likeness (QED) is 0.391. The van der Waals surface area contributed by atoms with Gasteiger partial charge >= 0.3 is 0 Å². The van der Waals surface area contributed by atoms with Gasteiger partial charge in [0.2, 0.25) is 5.91 Å². The topological polar surface area (TPSA) is 73.8 Å². The lowest BCUT2D eigenvalue weighted by molar-refractivity contribution is -0.151. The summed E-state index contributed by atoms with van der Waals surface area (Å²) in [5, 5.41) is 19.5. The molecule has 8 heteroatoms. The first-order valence-corrected chi connectivity index (χ1v) is 13.4. The van der Waals surface area contributed by atoms with E-state index in [2.05, 4.69) is 55.7 Å². The Bertz CT molecular complexity index is 1060. The highest BCUT2D eigenvalue weighted by Crippen LogP contribution is 2.40. The van der Waals surface area contributed by atoms with Gasteiger partial charge in [-0.15, -0.1) is 0 Å². The Labute approximate surface area is 225 Å². The minimum atomic E-state index is -0.979. The standard InChI is InChI=1S/C30H43F2N3O3/c1-20(36)34-27(16-21-14-24(31)18-25(32)15-21)28(37)19-33-30(12-10-26(11-13-30)35(5)38-6)23-9-7-8-22(17-23)29(2,3)4/h7-9,14-15,17-18,26-28,33,37H,10-13,16,19H2,1-6H3,(H,34,36). The predicted molar refractivity (Wildman–Crippen MR) is 146 cm³/mol. The maximum absolute atomic E-state index is 13.8. The molecule has 2 unspecified atom stereocenters. The molecule has 2 aromatic carbocycles. The molecule has 0 radical (unpaired) electrons. The van der Waals surface area contributed by atoms with Crippen molar-refractivity contribution in [1.29, 1.82) is 0 Å². The fraction of sp³-hybridized carbons (Fsp3) is 0.567. The molecule has 6 nitrogen and oxygen atoms in total. The maximum atomic E-state index is 13.8. The van der Waals surface area contributed by atoms with Crippen LogP contribution in [0, 0.1) is 11.6 Å². The number of hydrogen-bond acceptors (Lipinski definition) is 5. The summed E-state index contributed by atoms with van der Waals surface area (Å²) < 4.78 is 27.6. The number of carbonyl (C=O) groups is 1. The van der Waals surface area contributed by atoms with Crippen LogP contribution in [0.25, 0.3) is 0 Å². The predicted octanol–water partition coefficient (Wildman–Crippen LogP) is 4.59. The zero-order valence-corrected chi connectivity index (χ0v) is 23.5. The highest BCUT2D eigenvalue weighted by atomic mass is 19.1. The first-order valence-electron chi connectivity index (χ1n) is 13.4. The van der Waals surface area contributed by atoms with Gasteiger partial charge < -0.3 is 20.6 Å². The van der Waals surface area contributed by atoms with Crippen LogP contribution < -0.4 is 10.6 Å². The van der Waals surface area contributed by atoms with Crippen molar-refractivity contribution in [1.82, 2.24) is 15.7 Å². The maximum Gasteiger partial charge on any atom is 0.217 e. The van der Waals surface area contributed by atoms with Crippen molar-refractivity contribution < 1.29 is 23.5 Å². The number of carbonyl (C=O) groups excluding carboxylic acids is 1. The molecule has 1 aliphatic carbocycles.